The third-order valence-electron chi connectivity index (χ3n) is 4.12. The molecule has 5 heteroatoms. The van der Waals surface area contributed by atoms with Crippen LogP contribution in [0.4, 0.5) is 11.4 Å². The quantitative estimate of drug-likeness (QED) is 0.829. The van der Waals surface area contributed by atoms with Gasteiger partial charge in [0.05, 0.1) is 0 Å². The summed E-state index contributed by atoms with van der Waals surface area (Å²) in [6.07, 6.45) is 1.24. The van der Waals surface area contributed by atoms with E-state index >= 15 is 0 Å². The van der Waals surface area contributed by atoms with Gasteiger partial charge in [0.15, 0.2) is 6.61 Å². The number of halogens is 1. The molecule has 24 heavy (non-hydrogen) atoms. The number of hydrogen-bond donors (Lipinski definition) is 1. The Bertz CT molecular complexity index is 686. The van der Waals surface area contributed by atoms with Crippen LogP contribution in [-0.2, 0) is 4.79 Å². The topological polar surface area (TPSA) is 41.6 Å². The Morgan fingerprint density at radius 1 is 1.21 bits per heavy atom. The van der Waals surface area contributed by atoms with Gasteiger partial charge in [-0.3, -0.25) is 4.79 Å². The molecule has 2 aromatic rings. The highest BCUT2D eigenvalue weighted by molar-refractivity contribution is 9.10. The van der Waals surface area contributed by atoms with Gasteiger partial charge in [0, 0.05) is 28.9 Å². The van der Waals surface area contributed by atoms with Crippen molar-refractivity contribution in [3.8, 4) is 5.75 Å². The van der Waals surface area contributed by atoms with Crippen LogP contribution in [0.25, 0.3) is 0 Å². The molecule has 4 nitrogen and oxygen atoms in total. The standard InChI is InChI=1S/C19H21BrN2O2/c1-14-10-11-22(12-14)17-6-4-16(5-7-17)21-19(23)13-24-18-8-2-15(20)3-9-18/h2-9,14H,10-13H2,1H3,(H,21,23). The van der Waals surface area contributed by atoms with Gasteiger partial charge in [0.2, 0.25) is 0 Å². The lowest BCUT2D eigenvalue weighted by atomic mass is 10.2. The van der Waals surface area contributed by atoms with E-state index < -0.39 is 0 Å². The summed E-state index contributed by atoms with van der Waals surface area (Å²) in [5.74, 6) is 1.26. The van der Waals surface area contributed by atoms with Crippen molar-refractivity contribution in [3.05, 3.63) is 53.0 Å². The van der Waals surface area contributed by atoms with Gasteiger partial charge < -0.3 is 15.0 Å². The van der Waals surface area contributed by atoms with Crippen LogP contribution in [-0.4, -0.2) is 25.6 Å². The predicted octanol–water partition coefficient (Wildman–Crippen LogP) is 4.31. The van der Waals surface area contributed by atoms with Gasteiger partial charge in [-0.25, -0.2) is 0 Å². The zero-order valence-corrected chi connectivity index (χ0v) is 15.3. The lowest BCUT2D eigenvalue weighted by molar-refractivity contribution is -0.118. The first-order valence-corrected chi connectivity index (χ1v) is 8.93. The third kappa shape index (κ3) is 4.51. The first-order chi connectivity index (χ1) is 11.6. The van der Waals surface area contributed by atoms with Crippen LogP contribution < -0.4 is 15.0 Å². The molecule has 126 valence electrons. The van der Waals surface area contributed by atoms with Crippen molar-refractivity contribution in [1.82, 2.24) is 0 Å². The molecule has 0 aromatic heterocycles. The Kier molecular flexibility index (Phi) is 5.41. The maximum atomic E-state index is 12.0. The minimum absolute atomic E-state index is 0.00692. The Labute approximate surface area is 150 Å². The maximum Gasteiger partial charge on any atom is 0.262 e. The van der Waals surface area contributed by atoms with Crippen molar-refractivity contribution in [3.63, 3.8) is 0 Å². The van der Waals surface area contributed by atoms with Crippen molar-refractivity contribution in [2.75, 3.05) is 29.9 Å². The molecule has 1 aliphatic heterocycles. The van der Waals surface area contributed by atoms with Crippen molar-refractivity contribution < 1.29 is 9.53 Å². The van der Waals surface area contributed by atoms with Gasteiger partial charge in [-0.2, -0.15) is 0 Å². The number of carbonyl (C=O) groups is 1. The highest BCUT2D eigenvalue weighted by atomic mass is 79.9. The van der Waals surface area contributed by atoms with Crippen LogP contribution in [0.3, 0.4) is 0 Å². The van der Waals surface area contributed by atoms with E-state index in [0.29, 0.717) is 5.75 Å². The predicted molar refractivity (Wildman–Crippen MR) is 101 cm³/mol. The smallest absolute Gasteiger partial charge is 0.262 e. The second-order valence-corrected chi connectivity index (χ2v) is 7.09. The van der Waals surface area contributed by atoms with Gasteiger partial charge in [-0.1, -0.05) is 22.9 Å². The van der Waals surface area contributed by atoms with Crippen molar-refractivity contribution in [2.45, 2.75) is 13.3 Å². The van der Waals surface area contributed by atoms with Crippen LogP contribution in [0.5, 0.6) is 5.75 Å². The fourth-order valence-electron chi connectivity index (χ4n) is 2.80. The number of benzene rings is 2. The molecule has 2 aromatic carbocycles. The van der Waals surface area contributed by atoms with Crippen LogP contribution in [0.1, 0.15) is 13.3 Å². The molecule has 1 aliphatic rings. The van der Waals surface area contributed by atoms with Crippen LogP contribution >= 0.6 is 15.9 Å². The number of rotatable bonds is 5. The fraction of sp³-hybridized carbons (Fsp3) is 0.316. The zero-order valence-electron chi connectivity index (χ0n) is 13.7. The van der Waals surface area contributed by atoms with E-state index in [1.54, 1.807) is 0 Å². The Hall–Kier alpha value is -2.01. The molecule has 0 spiro atoms. The number of nitrogens with one attached hydrogen (secondary N) is 1. The fourth-order valence-corrected chi connectivity index (χ4v) is 3.07. The number of nitrogens with zero attached hydrogens (tertiary/aromatic N) is 1. The summed E-state index contributed by atoms with van der Waals surface area (Å²) in [5, 5.41) is 2.86. The molecule has 1 heterocycles. The van der Waals surface area contributed by atoms with E-state index in [0.717, 1.165) is 29.2 Å². The van der Waals surface area contributed by atoms with Crippen molar-refractivity contribution >= 4 is 33.2 Å². The Morgan fingerprint density at radius 3 is 2.54 bits per heavy atom. The molecule has 0 bridgehead atoms. The molecule has 1 amide bonds. The van der Waals surface area contributed by atoms with E-state index in [2.05, 4.69) is 45.2 Å². The maximum absolute atomic E-state index is 12.0. The molecule has 1 fully saturated rings. The first-order valence-electron chi connectivity index (χ1n) is 8.13. The third-order valence-corrected chi connectivity index (χ3v) is 4.65. The molecule has 1 unspecified atom stereocenters. The largest absolute Gasteiger partial charge is 0.484 e. The van der Waals surface area contributed by atoms with Crippen molar-refractivity contribution in [2.24, 2.45) is 5.92 Å². The van der Waals surface area contributed by atoms with Gasteiger partial charge in [-0.05, 0) is 60.9 Å². The number of amides is 1. The summed E-state index contributed by atoms with van der Waals surface area (Å²) in [6.45, 7) is 4.48. The van der Waals surface area contributed by atoms with E-state index in [4.69, 9.17) is 4.74 Å². The minimum Gasteiger partial charge on any atom is -0.484 e. The summed E-state index contributed by atoms with van der Waals surface area (Å²) < 4.78 is 6.45. The van der Waals surface area contributed by atoms with E-state index in [1.165, 1.54) is 12.1 Å². The summed E-state index contributed by atoms with van der Waals surface area (Å²) in [5.41, 5.74) is 2.00. The second-order valence-electron chi connectivity index (χ2n) is 6.18. The van der Waals surface area contributed by atoms with Crippen LogP contribution in [0.2, 0.25) is 0 Å². The van der Waals surface area contributed by atoms with Gasteiger partial charge in [-0.15, -0.1) is 0 Å². The molecular formula is C19H21BrN2O2. The molecule has 0 radical (unpaired) electrons. The molecule has 1 N–H and O–H groups in total. The Morgan fingerprint density at radius 2 is 1.92 bits per heavy atom. The average molecular weight is 389 g/mol. The summed E-state index contributed by atoms with van der Waals surface area (Å²) in [6, 6.07) is 15.4. The van der Waals surface area contributed by atoms with Gasteiger partial charge in [0.25, 0.3) is 5.91 Å². The van der Waals surface area contributed by atoms with E-state index in [1.807, 2.05) is 36.4 Å². The summed E-state index contributed by atoms with van der Waals surface area (Å²) in [4.78, 5) is 14.4. The normalized spacial score (nSPS) is 16.9. The molecular weight excluding hydrogens is 368 g/mol. The van der Waals surface area contributed by atoms with Gasteiger partial charge in [0.1, 0.15) is 5.75 Å². The van der Waals surface area contributed by atoms with Crippen LogP contribution in [0.15, 0.2) is 53.0 Å². The number of carbonyl (C=O) groups excluding carboxylic acids is 1. The second kappa shape index (κ2) is 7.71. The monoisotopic (exact) mass is 388 g/mol. The minimum atomic E-state index is -0.166. The Balaban J connectivity index is 1.50. The summed E-state index contributed by atoms with van der Waals surface area (Å²) in [7, 11) is 0. The van der Waals surface area contributed by atoms with Gasteiger partial charge >= 0.3 is 0 Å². The van der Waals surface area contributed by atoms with E-state index in [-0.39, 0.29) is 12.5 Å². The van der Waals surface area contributed by atoms with Crippen LogP contribution in [0, 0.1) is 5.92 Å². The highest BCUT2D eigenvalue weighted by Crippen LogP contribution is 2.24. The molecule has 0 saturated carbocycles. The molecule has 1 saturated heterocycles. The molecule has 0 aliphatic carbocycles. The average Bonchev–Trinajstić information content (AvgIpc) is 3.01. The number of anilines is 2. The zero-order chi connectivity index (χ0) is 16.9. The SMILES string of the molecule is CC1CCN(c2ccc(NC(=O)COc3ccc(Br)cc3)cc2)C1. The molecule has 1 atom stereocenters. The lowest BCUT2D eigenvalue weighted by Gasteiger charge is -2.18. The van der Waals surface area contributed by atoms with E-state index in [9.17, 15) is 4.79 Å². The lowest BCUT2D eigenvalue weighted by Crippen LogP contribution is -2.21. The number of ether oxygens (including phenoxy) is 1. The number of hydrogen-bond acceptors (Lipinski definition) is 3. The highest BCUT2D eigenvalue weighted by Gasteiger charge is 2.18. The summed E-state index contributed by atoms with van der Waals surface area (Å²) >= 11 is 3.36. The molecule has 3 rings (SSSR count). The first kappa shape index (κ1) is 16.8. The van der Waals surface area contributed by atoms with Crippen molar-refractivity contribution in [1.29, 1.82) is 0 Å².